The lowest BCUT2D eigenvalue weighted by Crippen LogP contribution is -2.46. The van der Waals surface area contributed by atoms with Gasteiger partial charge in [-0.1, -0.05) is 23.7 Å². The molecule has 0 unspecified atom stereocenters. The highest BCUT2D eigenvalue weighted by molar-refractivity contribution is 6.30. The molecule has 0 atom stereocenters. The lowest BCUT2D eigenvalue weighted by Gasteiger charge is -2.36. The van der Waals surface area contributed by atoms with Crippen LogP contribution in [0.4, 0.5) is 0 Å². The van der Waals surface area contributed by atoms with E-state index in [-0.39, 0.29) is 0 Å². The summed E-state index contributed by atoms with van der Waals surface area (Å²) in [5.41, 5.74) is 7.22. The SMILES string of the molecule is NC(=NC1CC1)NC1CC(c2ccc(Cl)cc2)C1. The minimum atomic E-state index is 0.480. The summed E-state index contributed by atoms with van der Waals surface area (Å²) in [6.07, 6.45) is 4.64. The third-order valence-electron chi connectivity index (χ3n) is 3.70. The quantitative estimate of drug-likeness (QED) is 0.651. The fourth-order valence-electron chi connectivity index (χ4n) is 2.39. The van der Waals surface area contributed by atoms with Gasteiger partial charge in [0.1, 0.15) is 0 Å². The van der Waals surface area contributed by atoms with Gasteiger partial charge in [-0.2, -0.15) is 0 Å². The molecule has 96 valence electrons. The van der Waals surface area contributed by atoms with Gasteiger partial charge in [-0.25, -0.2) is 0 Å². The molecule has 2 saturated carbocycles. The molecule has 2 aliphatic rings. The normalized spacial score (nSPS) is 27.7. The Labute approximate surface area is 112 Å². The van der Waals surface area contributed by atoms with E-state index in [1.807, 2.05) is 12.1 Å². The van der Waals surface area contributed by atoms with Crippen molar-refractivity contribution in [3.63, 3.8) is 0 Å². The van der Waals surface area contributed by atoms with Crippen molar-refractivity contribution in [1.29, 1.82) is 0 Å². The minimum Gasteiger partial charge on any atom is -0.370 e. The van der Waals surface area contributed by atoms with E-state index in [0.717, 1.165) is 17.9 Å². The van der Waals surface area contributed by atoms with Crippen LogP contribution < -0.4 is 11.1 Å². The molecular formula is C14H18ClN3. The molecule has 0 radical (unpaired) electrons. The molecular weight excluding hydrogens is 246 g/mol. The lowest BCUT2D eigenvalue weighted by molar-refractivity contribution is 0.323. The predicted octanol–water partition coefficient (Wildman–Crippen LogP) is 2.65. The van der Waals surface area contributed by atoms with Crippen LogP contribution in [0.25, 0.3) is 0 Å². The van der Waals surface area contributed by atoms with E-state index in [1.54, 1.807) is 0 Å². The number of guanidine groups is 1. The second-order valence-corrected chi connectivity index (χ2v) is 5.74. The van der Waals surface area contributed by atoms with E-state index in [2.05, 4.69) is 22.4 Å². The molecule has 0 amide bonds. The Bertz CT molecular complexity index is 445. The molecule has 0 bridgehead atoms. The van der Waals surface area contributed by atoms with E-state index in [0.29, 0.717) is 24.0 Å². The Kier molecular flexibility index (Phi) is 3.16. The fourth-order valence-corrected chi connectivity index (χ4v) is 2.52. The number of nitrogens with one attached hydrogen (secondary N) is 1. The van der Waals surface area contributed by atoms with Crippen molar-refractivity contribution in [2.45, 2.75) is 43.7 Å². The van der Waals surface area contributed by atoms with Gasteiger partial charge in [-0.15, -0.1) is 0 Å². The Morgan fingerprint density at radius 3 is 2.50 bits per heavy atom. The van der Waals surface area contributed by atoms with Gasteiger partial charge in [0.25, 0.3) is 0 Å². The van der Waals surface area contributed by atoms with Crippen LogP contribution in [0.1, 0.15) is 37.2 Å². The Morgan fingerprint density at radius 1 is 1.22 bits per heavy atom. The summed E-state index contributed by atoms with van der Waals surface area (Å²) in [7, 11) is 0. The van der Waals surface area contributed by atoms with Crippen molar-refractivity contribution in [2.75, 3.05) is 0 Å². The average Bonchev–Trinajstić information content (AvgIpc) is 3.08. The Hall–Kier alpha value is -1.22. The van der Waals surface area contributed by atoms with Gasteiger partial charge < -0.3 is 11.1 Å². The van der Waals surface area contributed by atoms with Crippen molar-refractivity contribution in [2.24, 2.45) is 10.7 Å². The molecule has 0 heterocycles. The van der Waals surface area contributed by atoms with Crippen LogP contribution in [-0.4, -0.2) is 18.0 Å². The number of rotatable bonds is 3. The van der Waals surface area contributed by atoms with Crippen molar-refractivity contribution in [3.05, 3.63) is 34.9 Å². The van der Waals surface area contributed by atoms with Crippen molar-refractivity contribution in [3.8, 4) is 0 Å². The number of nitrogens with zero attached hydrogens (tertiary/aromatic N) is 1. The first-order chi connectivity index (χ1) is 8.70. The summed E-state index contributed by atoms with van der Waals surface area (Å²) in [6.45, 7) is 0. The van der Waals surface area contributed by atoms with Crippen LogP contribution in [0.3, 0.4) is 0 Å². The molecule has 0 saturated heterocycles. The third-order valence-corrected chi connectivity index (χ3v) is 3.95. The maximum Gasteiger partial charge on any atom is 0.189 e. The molecule has 1 aromatic carbocycles. The zero-order valence-corrected chi connectivity index (χ0v) is 11.0. The molecule has 3 rings (SSSR count). The van der Waals surface area contributed by atoms with Gasteiger partial charge in [0.2, 0.25) is 0 Å². The highest BCUT2D eigenvalue weighted by atomic mass is 35.5. The van der Waals surface area contributed by atoms with E-state index >= 15 is 0 Å². The highest BCUT2D eigenvalue weighted by Gasteiger charge is 2.31. The molecule has 3 nitrogen and oxygen atoms in total. The summed E-state index contributed by atoms with van der Waals surface area (Å²) in [5, 5.41) is 4.10. The summed E-state index contributed by atoms with van der Waals surface area (Å²) in [4.78, 5) is 4.39. The molecule has 4 heteroatoms. The van der Waals surface area contributed by atoms with Crippen molar-refractivity contribution < 1.29 is 0 Å². The van der Waals surface area contributed by atoms with Gasteiger partial charge in [0, 0.05) is 11.1 Å². The number of halogens is 1. The molecule has 2 aliphatic carbocycles. The maximum atomic E-state index is 5.88. The standard InChI is InChI=1S/C14H18ClN3/c15-11-3-1-9(2-4-11)10-7-13(8-10)18-14(16)17-12-5-6-12/h1-4,10,12-13H,5-8H2,(H3,16,17,18). The number of hydrogen-bond acceptors (Lipinski definition) is 1. The zero-order valence-electron chi connectivity index (χ0n) is 10.3. The van der Waals surface area contributed by atoms with Gasteiger partial charge in [0.05, 0.1) is 6.04 Å². The molecule has 2 fully saturated rings. The number of hydrogen-bond donors (Lipinski definition) is 2. The largest absolute Gasteiger partial charge is 0.370 e. The number of nitrogens with two attached hydrogens (primary N) is 1. The molecule has 3 N–H and O–H groups in total. The summed E-state index contributed by atoms with van der Waals surface area (Å²) < 4.78 is 0. The van der Waals surface area contributed by atoms with Gasteiger partial charge in [-0.05, 0) is 49.3 Å². The minimum absolute atomic E-state index is 0.480. The van der Waals surface area contributed by atoms with Crippen LogP contribution >= 0.6 is 11.6 Å². The van der Waals surface area contributed by atoms with Gasteiger partial charge in [0.15, 0.2) is 5.96 Å². The average molecular weight is 264 g/mol. The Morgan fingerprint density at radius 2 is 1.89 bits per heavy atom. The molecule has 1 aromatic rings. The summed E-state index contributed by atoms with van der Waals surface area (Å²) in [6, 6.07) is 9.12. The predicted molar refractivity (Wildman–Crippen MR) is 75.0 cm³/mol. The second-order valence-electron chi connectivity index (χ2n) is 5.31. The van der Waals surface area contributed by atoms with Gasteiger partial charge in [-0.3, -0.25) is 4.99 Å². The van der Waals surface area contributed by atoms with Crippen LogP contribution in [0.2, 0.25) is 5.02 Å². The first kappa shape index (κ1) is 11.8. The molecule has 0 aliphatic heterocycles. The maximum absolute atomic E-state index is 5.88. The molecule has 0 aromatic heterocycles. The van der Waals surface area contributed by atoms with Crippen LogP contribution in [0.5, 0.6) is 0 Å². The van der Waals surface area contributed by atoms with Crippen molar-refractivity contribution in [1.82, 2.24) is 5.32 Å². The monoisotopic (exact) mass is 263 g/mol. The van der Waals surface area contributed by atoms with Crippen LogP contribution in [-0.2, 0) is 0 Å². The third kappa shape index (κ3) is 2.78. The number of aliphatic imine (C=N–C) groups is 1. The number of benzene rings is 1. The highest BCUT2D eigenvalue weighted by Crippen LogP contribution is 2.37. The van der Waals surface area contributed by atoms with E-state index < -0.39 is 0 Å². The topological polar surface area (TPSA) is 50.4 Å². The van der Waals surface area contributed by atoms with Crippen LogP contribution in [0, 0.1) is 0 Å². The van der Waals surface area contributed by atoms with Crippen LogP contribution in [0.15, 0.2) is 29.3 Å². The Balaban J connectivity index is 1.49. The molecule has 0 spiro atoms. The summed E-state index contributed by atoms with van der Waals surface area (Å²) in [5.74, 6) is 1.26. The first-order valence-electron chi connectivity index (χ1n) is 6.56. The van der Waals surface area contributed by atoms with E-state index in [1.165, 1.54) is 18.4 Å². The molecule has 18 heavy (non-hydrogen) atoms. The van der Waals surface area contributed by atoms with Crippen molar-refractivity contribution >= 4 is 17.6 Å². The van der Waals surface area contributed by atoms with Gasteiger partial charge >= 0.3 is 0 Å². The van der Waals surface area contributed by atoms with E-state index in [9.17, 15) is 0 Å². The second kappa shape index (κ2) is 4.81. The first-order valence-corrected chi connectivity index (χ1v) is 6.94. The summed E-state index contributed by atoms with van der Waals surface area (Å²) >= 11 is 5.88. The zero-order chi connectivity index (χ0) is 12.5. The smallest absolute Gasteiger partial charge is 0.189 e. The van der Waals surface area contributed by atoms with E-state index in [4.69, 9.17) is 17.3 Å². The fraction of sp³-hybridized carbons (Fsp3) is 0.500. The lowest BCUT2D eigenvalue weighted by atomic mass is 9.76.